The summed E-state index contributed by atoms with van der Waals surface area (Å²) in [5, 5.41) is 2.25. The molecule has 0 saturated carbocycles. The minimum absolute atomic E-state index is 0.372. The molecule has 0 amide bonds. The highest BCUT2D eigenvalue weighted by molar-refractivity contribution is 6.09. The van der Waals surface area contributed by atoms with Crippen LogP contribution in [-0.4, -0.2) is 9.97 Å². The van der Waals surface area contributed by atoms with Crippen molar-refractivity contribution in [1.82, 2.24) is 9.97 Å². The summed E-state index contributed by atoms with van der Waals surface area (Å²) in [5.41, 5.74) is 17.3. The Morgan fingerprint density at radius 1 is 0.404 bits per heavy atom. The summed E-state index contributed by atoms with van der Waals surface area (Å²) in [5.74, 6) is 0.695. The number of hydrogen-bond donors (Lipinski definition) is 0. The molecule has 2 aromatic heterocycles. The molecule has 0 aliphatic heterocycles. The highest BCUT2D eigenvalue weighted by Gasteiger charge is 2.42. The molecule has 3 nitrogen and oxygen atoms in total. The highest BCUT2D eigenvalue weighted by Crippen LogP contribution is 2.55. The molecule has 1 atom stereocenters. The van der Waals surface area contributed by atoms with E-state index in [2.05, 4.69) is 177 Å². The second-order valence-electron chi connectivity index (χ2n) is 15.0. The Bertz CT molecular complexity index is 3110. The lowest BCUT2D eigenvalue weighted by Crippen LogP contribution is -2.22. The molecule has 0 bridgehead atoms. The number of aromatic nitrogens is 2. The predicted molar refractivity (Wildman–Crippen MR) is 234 cm³/mol. The Balaban J connectivity index is 1.06. The number of furan rings is 1. The van der Waals surface area contributed by atoms with Gasteiger partial charge in [-0.3, -0.25) is 0 Å². The van der Waals surface area contributed by atoms with Crippen molar-refractivity contribution in [3.05, 3.63) is 217 Å². The zero-order valence-electron chi connectivity index (χ0n) is 31.4. The zero-order chi connectivity index (χ0) is 37.9. The number of nitrogens with zero attached hydrogens (tertiary/aromatic N) is 2. The zero-order valence-corrected chi connectivity index (χ0v) is 31.4. The summed E-state index contributed by atoms with van der Waals surface area (Å²) in [7, 11) is 0. The Kier molecular flexibility index (Phi) is 7.61. The molecule has 0 radical (unpaired) electrons. The number of benzene rings is 8. The molecular weight excluding hydrogens is 693 g/mol. The lowest BCUT2D eigenvalue weighted by atomic mass is 9.73. The molecular formula is C54H36N2O. The van der Waals surface area contributed by atoms with Crippen LogP contribution in [0.3, 0.4) is 0 Å². The van der Waals surface area contributed by atoms with Gasteiger partial charge < -0.3 is 4.42 Å². The summed E-state index contributed by atoms with van der Waals surface area (Å²) >= 11 is 0. The molecule has 1 unspecified atom stereocenters. The first-order valence-corrected chi connectivity index (χ1v) is 19.5. The number of para-hydroxylation sites is 2. The molecule has 2 heterocycles. The molecule has 10 aromatic rings. The van der Waals surface area contributed by atoms with Gasteiger partial charge in [0.15, 0.2) is 5.82 Å². The van der Waals surface area contributed by atoms with Gasteiger partial charge in [0.25, 0.3) is 0 Å². The predicted octanol–water partition coefficient (Wildman–Crippen LogP) is 14.0. The van der Waals surface area contributed by atoms with Crippen molar-refractivity contribution in [2.75, 3.05) is 0 Å². The maximum atomic E-state index is 6.39. The van der Waals surface area contributed by atoms with Crippen LogP contribution in [0.1, 0.15) is 23.6 Å². The van der Waals surface area contributed by atoms with Gasteiger partial charge in [-0.2, -0.15) is 0 Å². The third kappa shape index (κ3) is 5.35. The second-order valence-corrected chi connectivity index (χ2v) is 15.0. The Morgan fingerprint density at radius 3 is 1.75 bits per heavy atom. The van der Waals surface area contributed by atoms with Crippen LogP contribution in [-0.2, 0) is 5.41 Å². The molecule has 268 valence electrons. The van der Waals surface area contributed by atoms with E-state index in [0.29, 0.717) is 5.82 Å². The molecule has 11 rings (SSSR count). The quantitative estimate of drug-likeness (QED) is 0.171. The van der Waals surface area contributed by atoms with E-state index in [9.17, 15) is 0 Å². The van der Waals surface area contributed by atoms with Gasteiger partial charge in [-0.15, -0.1) is 0 Å². The fraction of sp³-hybridized carbons (Fsp3) is 0.0370. The van der Waals surface area contributed by atoms with Gasteiger partial charge in [-0.05, 0) is 69.6 Å². The first-order valence-electron chi connectivity index (χ1n) is 19.5. The lowest BCUT2D eigenvalue weighted by Gasteiger charge is -2.28. The van der Waals surface area contributed by atoms with E-state index >= 15 is 0 Å². The van der Waals surface area contributed by atoms with Crippen LogP contribution in [0.25, 0.3) is 89.2 Å². The SMILES string of the molecule is CC1(c2ccccc2)c2cc(-c3cc(-c4ccc(-c5cccc6c5oc5ccccc56)cc4)nc(-c4ccccc4)n3)ccc2-c2c(-c3ccccc3)cccc21. The van der Waals surface area contributed by atoms with Crippen LogP contribution < -0.4 is 0 Å². The van der Waals surface area contributed by atoms with Gasteiger partial charge in [0.1, 0.15) is 11.2 Å². The molecule has 0 fully saturated rings. The Hall–Kier alpha value is -7.36. The summed E-state index contributed by atoms with van der Waals surface area (Å²) in [6.07, 6.45) is 0. The van der Waals surface area contributed by atoms with E-state index in [4.69, 9.17) is 14.4 Å². The Morgan fingerprint density at radius 2 is 0.982 bits per heavy atom. The Labute approximate surface area is 331 Å². The maximum absolute atomic E-state index is 6.39. The lowest BCUT2D eigenvalue weighted by molar-refractivity contribution is 0.670. The van der Waals surface area contributed by atoms with Gasteiger partial charge in [-0.1, -0.05) is 182 Å². The average molecular weight is 729 g/mol. The van der Waals surface area contributed by atoms with Crippen molar-refractivity contribution in [3.63, 3.8) is 0 Å². The van der Waals surface area contributed by atoms with Crippen molar-refractivity contribution < 1.29 is 4.42 Å². The van der Waals surface area contributed by atoms with E-state index in [1.807, 2.05) is 30.3 Å². The monoisotopic (exact) mass is 728 g/mol. The molecule has 3 heteroatoms. The maximum Gasteiger partial charge on any atom is 0.160 e. The number of hydrogen-bond acceptors (Lipinski definition) is 3. The van der Waals surface area contributed by atoms with E-state index in [1.54, 1.807) is 0 Å². The topological polar surface area (TPSA) is 38.9 Å². The van der Waals surface area contributed by atoms with E-state index in [1.165, 1.54) is 38.9 Å². The third-order valence-electron chi connectivity index (χ3n) is 11.8. The van der Waals surface area contributed by atoms with Crippen molar-refractivity contribution >= 4 is 21.9 Å². The number of rotatable bonds is 6. The molecule has 0 saturated heterocycles. The van der Waals surface area contributed by atoms with Crippen molar-refractivity contribution in [2.24, 2.45) is 0 Å². The summed E-state index contributed by atoms with van der Waals surface area (Å²) in [6.45, 7) is 2.37. The van der Waals surface area contributed by atoms with Crippen LogP contribution in [0.4, 0.5) is 0 Å². The van der Waals surface area contributed by atoms with Gasteiger partial charge in [-0.25, -0.2) is 9.97 Å². The summed E-state index contributed by atoms with van der Waals surface area (Å²) < 4.78 is 6.39. The van der Waals surface area contributed by atoms with Gasteiger partial charge in [0.2, 0.25) is 0 Å². The largest absolute Gasteiger partial charge is 0.455 e. The first-order chi connectivity index (χ1) is 28.1. The standard InChI is InChI=1S/C54H36N2O/c1-54(40-19-9-4-10-20-40)46-25-14-22-41(35-15-5-2-6-16-35)51(46)45-32-31-39(33-47(45)54)49-34-48(55-53(56-49)38-17-7-3-8-18-38)37-29-27-36(28-30-37)42-23-13-24-44-43-21-11-12-26-50(43)57-52(42)44/h2-34H,1H3. The van der Waals surface area contributed by atoms with Gasteiger partial charge >= 0.3 is 0 Å². The van der Waals surface area contributed by atoms with Crippen LogP contribution >= 0.6 is 0 Å². The molecule has 57 heavy (non-hydrogen) atoms. The molecule has 0 spiro atoms. The molecule has 1 aliphatic carbocycles. The van der Waals surface area contributed by atoms with Gasteiger partial charge in [0, 0.05) is 38.4 Å². The number of fused-ring (bicyclic) bond motifs is 6. The van der Waals surface area contributed by atoms with E-state index < -0.39 is 0 Å². The average Bonchev–Trinajstić information content (AvgIpc) is 3.80. The normalized spacial score (nSPS) is 14.5. The van der Waals surface area contributed by atoms with Crippen molar-refractivity contribution in [3.8, 4) is 67.3 Å². The fourth-order valence-corrected chi connectivity index (χ4v) is 8.93. The molecule has 8 aromatic carbocycles. The van der Waals surface area contributed by atoms with Crippen molar-refractivity contribution in [1.29, 1.82) is 0 Å². The van der Waals surface area contributed by atoms with E-state index in [0.717, 1.165) is 61.1 Å². The van der Waals surface area contributed by atoms with Crippen LogP contribution in [0.5, 0.6) is 0 Å². The minimum atomic E-state index is -0.372. The van der Waals surface area contributed by atoms with E-state index in [-0.39, 0.29) is 5.41 Å². The molecule has 1 aliphatic rings. The van der Waals surface area contributed by atoms with Crippen molar-refractivity contribution in [2.45, 2.75) is 12.3 Å². The fourth-order valence-electron chi connectivity index (χ4n) is 8.93. The van der Waals surface area contributed by atoms with Crippen LogP contribution in [0.2, 0.25) is 0 Å². The highest BCUT2D eigenvalue weighted by atomic mass is 16.3. The second kappa shape index (κ2) is 13.1. The van der Waals surface area contributed by atoms with Crippen LogP contribution in [0.15, 0.2) is 205 Å². The molecule has 0 N–H and O–H groups in total. The first kappa shape index (κ1) is 33.0. The van der Waals surface area contributed by atoms with Gasteiger partial charge in [0.05, 0.1) is 11.4 Å². The van der Waals surface area contributed by atoms with Crippen LogP contribution in [0, 0.1) is 0 Å². The summed E-state index contributed by atoms with van der Waals surface area (Å²) in [4.78, 5) is 10.4. The third-order valence-corrected chi connectivity index (χ3v) is 11.8. The minimum Gasteiger partial charge on any atom is -0.455 e. The summed E-state index contributed by atoms with van der Waals surface area (Å²) in [6, 6.07) is 71.0. The smallest absolute Gasteiger partial charge is 0.160 e.